The third kappa shape index (κ3) is 1.39. The van der Waals surface area contributed by atoms with Crippen molar-refractivity contribution in [3.05, 3.63) is 16.7 Å². The van der Waals surface area contributed by atoms with E-state index in [1.165, 1.54) is 0 Å². The van der Waals surface area contributed by atoms with Crippen molar-refractivity contribution in [3.63, 3.8) is 0 Å². The van der Waals surface area contributed by atoms with E-state index in [9.17, 15) is 4.79 Å². The number of hydrogen-bond donors (Lipinski definition) is 1. The number of carbonyl (C=O) groups excluding carboxylic acids is 1. The van der Waals surface area contributed by atoms with E-state index < -0.39 is 0 Å². The monoisotopic (exact) mass is 213 g/mol. The highest BCUT2D eigenvalue weighted by molar-refractivity contribution is 6.30. The van der Waals surface area contributed by atoms with Crippen LogP contribution in [0.25, 0.3) is 0 Å². The van der Waals surface area contributed by atoms with E-state index in [0.29, 0.717) is 11.7 Å². The largest absolute Gasteiger partial charge is 0.332 e. The maximum Gasteiger partial charge on any atom is 0.327 e. The Bertz CT molecular complexity index is 372. The molecule has 0 unspecified atom stereocenters. The first-order valence-corrected chi connectivity index (χ1v) is 5.16. The van der Waals surface area contributed by atoms with Crippen LogP contribution >= 0.6 is 11.6 Å². The van der Waals surface area contributed by atoms with Crippen molar-refractivity contribution < 1.29 is 4.79 Å². The van der Waals surface area contributed by atoms with E-state index in [0.717, 1.165) is 30.8 Å². The van der Waals surface area contributed by atoms with Gasteiger partial charge in [0.2, 0.25) is 0 Å². The zero-order chi connectivity index (χ0) is 10.1. The second-order valence-corrected chi connectivity index (χ2v) is 3.72. The van der Waals surface area contributed by atoms with E-state index in [1.54, 1.807) is 4.57 Å². The molecule has 0 aromatic carbocycles. The molecule has 76 valence electrons. The molecule has 1 N–H and O–H groups in total. The molecule has 5 heteroatoms. The van der Waals surface area contributed by atoms with Gasteiger partial charge >= 0.3 is 6.03 Å². The van der Waals surface area contributed by atoms with Gasteiger partial charge < -0.3 is 5.32 Å². The number of hydrogen-bond acceptors (Lipinski definition) is 2. The summed E-state index contributed by atoms with van der Waals surface area (Å²) in [5, 5.41) is 3.18. The normalized spacial score (nSPS) is 14.3. The van der Waals surface area contributed by atoms with Crippen LogP contribution in [0.15, 0.2) is 0 Å². The first kappa shape index (κ1) is 9.52. The molecule has 2 heterocycles. The van der Waals surface area contributed by atoms with Crippen LogP contribution in [0.5, 0.6) is 0 Å². The van der Waals surface area contributed by atoms with Crippen molar-refractivity contribution in [2.75, 3.05) is 0 Å². The van der Waals surface area contributed by atoms with Crippen LogP contribution in [0.4, 0.5) is 4.79 Å². The van der Waals surface area contributed by atoms with Gasteiger partial charge in [-0.15, -0.1) is 0 Å². The molecular formula is C9H12ClN3O. The van der Waals surface area contributed by atoms with Gasteiger partial charge in [0.1, 0.15) is 5.82 Å². The van der Waals surface area contributed by atoms with Gasteiger partial charge in [0.25, 0.3) is 0 Å². The first-order chi connectivity index (χ1) is 6.74. The molecule has 0 saturated heterocycles. The summed E-state index contributed by atoms with van der Waals surface area (Å²) in [5.41, 5.74) is 0.794. The number of aryl methyl sites for hydroxylation is 1. The highest BCUT2D eigenvalue weighted by Gasteiger charge is 2.25. The number of fused-ring (bicyclic) bond motifs is 1. The highest BCUT2D eigenvalue weighted by Crippen LogP contribution is 2.21. The zero-order valence-corrected chi connectivity index (χ0v) is 8.76. The summed E-state index contributed by atoms with van der Waals surface area (Å²) in [6, 6.07) is -0.106. The molecule has 0 fully saturated rings. The average molecular weight is 214 g/mol. The third-order valence-corrected chi connectivity index (χ3v) is 2.66. The summed E-state index contributed by atoms with van der Waals surface area (Å²) >= 11 is 5.91. The number of nitrogens with zero attached hydrogens (tertiary/aromatic N) is 2. The van der Waals surface area contributed by atoms with Gasteiger partial charge in [0.05, 0.1) is 12.2 Å². The van der Waals surface area contributed by atoms with Crippen LogP contribution in [0, 0.1) is 0 Å². The predicted octanol–water partition coefficient (Wildman–Crippen LogP) is 1.95. The van der Waals surface area contributed by atoms with Crippen LogP contribution in [0.3, 0.4) is 0 Å². The molecule has 14 heavy (non-hydrogen) atoms. The number of unbranched alkanes of at least 4 members (excludes halogenated alkanes) is 1. The summed E-state index contributed by atoms with van der Waals surface area (Å²) in [7, 11) is 0. The van der Waals surface area contributed by atoms with Gasteiger partial charge in [-0.1, -0.05) is 24.9 Å². The minimum atomic E-state index is -0.106. The van der Waals surface area contributed by atoms with E-state index in [1.807, 2.05) is 0 Å². The van der Waals surface area contributed by atoms with Crippen LogP contribution in [-0.4, -0.2) is 15.6 Å². The fourth-order valence-corrected chi connectivity index (χ4v) is 1.86. The molecule has 1 aromatic heterocycles. The number of amides is 1. The quantitative estimate of drug-likeness (QED) is 0.834. The summed E-state index contributed by atoms with van der Waals surface area (Å²) in [6.07, 6.45) is 2.92. The molecule has 0 radical (unpaired) electrons. The van der Waals surface area contributed by atoms with Crippen molar-refractivity contribution >= 4 is 17.6 Å². The predicted molar refractivity (Wildman–Crippen MR) is 53.5 cm³/mol. The number of nitrogens with one attached hydrogen (secondary N) is 1. The average Bonchev–Trinajstić information content (AvgIpc) is 2.67. The van der Waals surface area contributed by atoms with Crippen LogP contribution in [0.1, 0.15) is 31.3 Å². The van der Waals surface area contributed by atoms with Crippen LogP contribution in [0.2, 0.25) is 5.15 Å². The topological polar surface area (TPSA) is 46.9 Å². The summed E-state index contributed by atoms with van der Waals surface area (Å²) in [5.74, 6) is 0.779. The Morgan fingerprint density at radius 2 is 2.43 bits per heavy atom. The van der Waals surface area contributed by atoms with Crippen LogP contribution < -0.4 is 5.32 Å². The summed E-state index contributed by atoms with van der Waals surface area (Å²) in [6.45, 7) is 2.60. The molecule has 1 aromatic rings. The first-order valence-electron chi connectivity index (χ1n) is 4.78. The van der Waals surface area contributed by atoms with Crippen LogP contribution in [-0.2, 0) is 13.0 Å². The van der Waals surface area contributed by atoms with Crippen molar-refractivity contribution in [1.29, 1.82) is 0 Å². The molecule has 1 aliphatic rings. The number of imidazole rings is 1. The Labute approximate surface area is 87.3 Å². The van der Waals surface area contributed by atoms with Gasteiger partial charge in [-0.05, 0) is 6.42 Å². The minimum Gasteiger partial charge on any atom is -0.332 e. The molecule has 1 amide bonds. The minimum absolute atomic E-state index is 0.106. The van der Waals surface area contributed by atoms with Gasteiger partial charge in [-0.3, -0.25) is 0 Å². The smallest absolute Gasteiger partial charge is 0.327 e. The van der Waals surface area contributed by atoms with Crippen molar-refractivity contribution in [1.82, 2.24) is 14.9 Å². The Morgan fingerprint density at radius 1 is 1.64 bits per heavy atom. The van der Waals surface area contributed by atoms with Gasteiger partial charge in [0.15, 0.2) is 5.15 Å². The lowest BCUT2D eigenvalue weighted by Crippen LogP contribution is -2.19. The van der Waals surface area contributed by atoms with E-state index >= 15 is 0 Å². The lowest BCUT2D eigenvalue weighted by molar-refractivity contribution is 0.245. The summed E-state index contributed by atoms with van der Waals surface area (Å²) in [4.78, 5) is 15.6. The molecule has 0 aliphatic carbocycles. The Hall–Kier alpha value is -1.03. The SMILES string of the molecule is CCCCc1nc(Cl)c2n1C(=O)NC2. The number of carbonyl (C=O) groups is 1. The fraction of sp³-hybridized carbons (Fsp3) is 0.556. The molecule has 2 rings (SSSR count). The van der Waals surface area contributed by atoms with Gasteiger partial charge in [-0.2, -0.15) is 0 Å². The second-order valence-electron chi connectivity index (χ2n) is 3.36. The van der Waals surface area contributed by atoms with Gasteiger partial charge in [-0.25, -0.2) is 14.3 Å². The Balaban J connectivity index is 2.32. The maximum atomic E-state index is 11.4. The Kier molecular flexibility index (Phi) is 2.46. The molecule has 0 saturated carbocycles. The third-order valence-electron chi connectivity index (χ3n) is 2.36. The van der Waals surface area contributed by atoms with E-state index in [2.05, 4.69) is 17.2 Å². The number of rotatable bonds is 3. The van der Waals surface area contributed by atoms with Gasteiger partial charge in [0, 0.05) is 6.42 Å². The lowest BCUT2D eigenvalue weighted by Gasteiger charge is -2.00. The molecule has 0 atom stereocenters. The maximum absolute atomic E-state index is 11.4. The molecule has 0 bridgehead atoms. The highest BCUT2D eigenvalue weighted by atomic mass is 35.5. The Morgan fingerprint density at radius 3 is 3.14 bits per heavy atom. The lowest BCUT2D eigenvalue weighted by atomic mass is 10.2. The van der Waals surface area contributed by atoms with Crippen molar-refractivity contribution in [2.24, 2.45) is 0 Å². The zero-order valence-electron chi connectivity index (χ0n) is 8.01. The second kappa shape index (κ2) is 3.61. The van der Waals surface area contributed by atoms with Crippen molar-refractivity contribution in [2.45, 2.75) is 32.7 Å². The molecule has 4 nitrogen and oxygen atoms in total. The van der Waals surface area contributed by atoms with E-state index in [4.69, 9.17) is 11.6 Å². The number of halogens is 1. The van der Waals surface area contributed by atoms with E-state index in [-0.39, 0.29) is 6.03 Å². The fourth-order valence-electron chi connectivity index (χ4n) is 1.61. The van der Waals surface area contributed by atoms with Crippen molar-refractivity contribution in [3.8, 4) is 0 Å². The molecular weight excluding hydrogens is 202 g/mol. The summed E-state index contributed by atoms with van der Waals surface area (Å²) < 4.78 is 1.60. The molecule has 0 spiro atoms. The molecule has 1 aliphatic heterocycles. The number of aromatic nitrogens is 2. The standard InChI is InChI=1S/C9H12ClN3O/c1-2-3-4-7-12-8(10)6-5-11-9(14)13(6)7/h2-5H2,1H3,(H,11,14).